The van der Waals surface area contributed by atoms with Crippen molar-refractivity contribution in [3.05, 3.63) is 12.2 Å². The van der Waals surface area contributed by atoms with E-state index >= 15 is 0 Å². The minimum absolute atomic E-state index is 0.0398. The number of aromatic nitrogens is 3. The molecule has 4 nitrogen and oxygen atoms in total. The van der Waals surface area contributed by atoms with Gasteiger partial charge in [-0.05, 0) is 24.2 Å². The fraction of sp³-hybridized carbons (Fsp3) is 0.800. The molecule has 0 aromatic carbocycles. The molecule has 104 valence electrons. The lowest BCUT2D eigenvalue weighted by Crippen LogP contribution is -2.22. The summed E-state index contributed by atoms with van der Waals surface area (Å²) in [7, 11) is 0. The molecular formula is C10H17F3N4S. The normalized spacial score (nSPS) is 12.3. The van der Waals surface area contributed by atoms with Crippen LogP contribution in [0.25, 0.3) is 0 Å². The van der Waals surface area contributed by atoms with Crippen LogP contribution >= 0.6 is 11.8 Å². The first-order chi connectivity index (χ1) is 8.38. The van der Waals surface area contributed by atoms with Gasteiger partial charge >= 0.3 is 5.51 Å². The second-order valence-corrected chi connectivity index (χ2v) is 5.38. The predicted molar refractivity (Wildman–Crippen MR) is 65.1 cm³/mol. The number of hydrogen-bond donors (Lipinski definition) is 1. The molecule has 1 rings (SSSR count). The van der Waals surface area contributed by atoms with E-state index < -0.39 is 5.51 Å². The zero-order valence-corrected chi connectivity index (χ0v) is 11.2. The van der Waals surface area contributed by atoms with Crippen molar-refractivity contribution in [3.8, 4) is 0 Å². The van der Waals surface area contributed by atoms with Crippen molar-refractivity contribution in [2.24, 2.45) is 5.92 Å². The Morgan fingerprint density at radius 3 is 2.78 bits per heavy atom. The Bertz CT molecular complexity index is 351. The van der Waals surface area contributed by atoms with Crippen molar-refractivity contribution in [2.75, 3.05) is 12.3 Å². The SMILES string of the molecule is CC(C)CNCc1ncnn1CCSC(F)(F)F. The van der Waals surface area contributed by atoms with Crippen LogP contribution in [0.3, 0.4) is 0 Å². The van der Waals surface area contributed by atoms with Crippen molar-refractivity contribution in [2.45, 2.75) is 32.4 Å². The quantitative estimate of drug-likeness (QED) is 0.833. The average Bonchev–Trinajstić information content (AvgIpc) is 2.63. The van der Waals surface area contributed by atoms with E-state index in [1.165, 1.54) is 11.0 Å². The maximum atomic E-state index is 12.0. The summed E-state index contributed by atoms with van der Waals surface area (Å²) in [6, 6.07) is 0. The fourth-order valence-electron chi connectivity index (χ4n) is 1.33. The van der Waals surface area contributed by atoms with E-state index in [2.05, 4.69) is 29.2 Å². The number of thioether (sulfide) groups is 1. The third kappa shape index (κ3) is 6.25. The summed E-state index contributed by atoms with van der Waals surface area (Å²) in [5.41, 5.74) is -4.18. The molecule has 0 radical (unpaired) electrons. The Morgan fingerprint density at radius 2 is 2.17 bits per heavy atom. The highest BCUT2D eigenvalue weighted by Gasteiger charge is 2.27. The molecule has 0 atom stereocenters. The molecule has 1 aromatic heterocycles. The summed E-state index contributed by atoms with van der Waals surface area (Å²) in [6.45, 7) is 5.73. The monoisotopic (exact) mass is 282 g/mol. The second-order valence-electron chi connectivity index (χ2n) is 4.22. The highest BCUT2D eigenvalue weighted by atomic mass is 32.2. The summed E-state index contributed by atoms with van der Waals surface area (Å²) < 4.78 is 37.5. The van der Waals surface area contributed by atoms with E-state index in [1.807, 2.05) is 0 Å². The van der Waals surface area contributed by atoms with E-state index in [-0.39, 0.29) is 24.1 Å². The zero-order chi connectivity index (χ0) is 13.6. The molecule has 1 heterocycles. The Morgan fingerprint density at radius 1 is 1.44 bits per heavy atom. The minimum atomic E-state index is -4.18. The van der Waals surface area contributed by atoms with E-state index in [9.17, 15) is 13.2 Å². The second kappa shape index (κ2) is 6.98. The molecule has 0 aliphatic carbocycles. The van der Waals surface area contributed by atoms with Crippen LogP contribution in [0.5, 0.6) is 0 Å². The largest absolute Gasteiger partial charge is 0.441 e. The van der Waals surface area contributed by atoms with Crippen LogP contribution in [0, 0.1) is 5.92 Å². The van der Waals surface area contributed by atoms with Crippen LogP contribution in [0.1, 0.15) is 19.7 Å². The Balaban J connectivity index is 2.35. The molecule has 0 saturated heterocycles. The maximum Gasteiger partial charge on any atom is 0.441 e. The molecule has 1 N–H and O–H groups in total. The van der Waals surface area contributed by atoms with Gasteiger partial charge in [-0.1, -0.05) is 13.8 Å². The number of aryl methyl sites for hydroxylation is 1. The standard InChI is InChI=1S/C10H17F3N4S/c1-8(2)5-14-6-9-15-7-16-17(9)3-4-18-10(11,12)13/h7-8,14H,3-6H2,1-2H3. The highest BCUT2D eigenvalue weighted by molar-refractivity contribution is 8.00. The lowest BCUT2D eigenvalue weighted by Gasteiger charge is -2.09. The molecule has 1 aromatic rings. The molecule has 0 spiro atoms. The molecule has 0 fully saturated rings. The van der Waals surface area contributed by atoms with Gasteiger partial charge in [0.1, 0.15) is 12.2 Å². The molecule has 18 heavy (non-hydrogen) atoms. The van der Waals surface area contributed by atoms with Crippen LogP contribution in [0.15, 0.2) is 6.33 Å². The van der Waals surface area contributed by atoms with Crippen LogP contribution < -0.4 is 5.32 Å². The van der Waals surface area contributed by atoms with Gasteiger partial charge < -0.3 is 5.32 Å². The lowest BCUT2D eigenvalue weighted by atomic mass is 10.2. The topological polar surface area (TPSA) is 42.7 Å². The number of nitrogens with one attached hydrogen (secondary N) is 1. The maximum absolute atomic E-state index is 12.0. The lowest BCUT2D eigenvalue weighted by molar-refractivity contribution is -0.0328. The van der Waals surface area contributed by atoms with Gasteiger partial charge in [-0.25, -0.2) is 9.67 Å². The third-order valence-corrected chi connectivity index (χ3v) is 2.81. The molecular weight excluding hydrogens is 265 g/mol. The van der Waals surface area contributed by atoms with Crippen molar-refractivity contribution < 1.29 is 13.2 Å². The van der Waals surface area contributed by atoms with Gasteiger partial charge in [0.15, 0.2) is 0 Å². The van der Waals surface area contributed by atoms with Crippen molar-refractivity contribution >= 4 is 11.8 Å². The summed E-state index contributed by atoms with van der Waals surface area (Å²) in [5, 5.41) is 7.10. The number of rotatable bonds is 7. The number of halogens is 3. The average molecular weight is 282 g/mol. The minimum Gasteiger partial charge on any atom is -0.310 e. The van der Waals surface area contributed by atoms with Gasteiger partial charge in [-0.2, -0.15) is 18.3 Å². The van der Waals surface area contributed by atoms with Gasteiger partial charge in [-0.3, -0.25) is 0 Å². The summed E-state index contributed by atoms with van der Waals surface area (Å²) >= 11 is -0.0398. The molecule has 8 heteroatoms. The Labute approximate surface area is 108 Å². The molecule has 0 aliphatic rings. The summed E-state index contributed by atoms with van der Waals surface area (Å²) in [6.07, 6.45) is 1.37. The molecule has 0 saturated carbocycles. The fourth-order valence-corrected chi connectivity index (χ4v) is 1.83. The van der Waals surface area contributed by atoms with Crippen LogP contribution in [0.2, 0.25) is 0 Å². The smallest absolute Gasteiger partial charge is 0.310 e. The molecule has 0 unspecified atom stereocenters. The summed E-state index contributed by atoms with van der Waals surface area (Å²) in [5.74, 6) is 1.13. The molecule has 0 amide bonds. The van der Waals surface area contributed by atoms with Gasteiger partial charge in [0.25, 0.3) is 0 Å². The Hall–Kier alpha value is -0.760. The van der Waals surface area contributed by atoms with Crippen molar-refractivity contribution in [3.63, 3.8) is 0 Å². The number of nitrogens with zero attached hydrogens (tertiary/aromatic N) is 3. The van der Waals surface area contributed by atoms with Gasteiger partial charge in [0.05, 0.1) is 13.1 Å². The third-order valence-electron chi connectivity index (χ3n) is 2.10. The predicted octanol–water partition coefficient (Wildman–Crippen LogP) is 2.28. The zero-order valence-electron chi connectivity index (χ0n) is 10.4. The number of alkyl halides is 3. The van der Waals surface area contributed by atoms with E-state index in [0.717, 1.165) is 6.54 Å². The van der Waals surface area contributed by atoms with Crippen LogP contribution in [-0.4, -0.2) is 32.6 Å². The van der Waals surface area contributed by atoms with Crippen LogP contribution in [-0.2, 0) is 13.1 Å². The summed E-state index contributed by atoms with van der Waals surface area (Å²) in [4.78, 5) is 4.03. The molecule has 0 bridgehead atoms. The highest BCUT2D eigenvalue weighted by Crippen LogP contribution is 2.29. The number of hydrogen-bond acceptors (Lipinski definition) is 4. The van der Waals surface area contributed by atoms with E-state index in [4.69, 9.17) is 0 Å². The van der Waals surface area contributed by atoms with Gasteiger partial charge in [0, 0.05) is 5.75 Å². The van der Waals surface area contributed by atoms with Gasteiger partial charge in [0.2, 0.25) is 0 Å². The Kier molecular flexibility index (Phi) is 5.94. The van der Waals surface area contributed by atoms with Crippen molar-refractivity contribution in [1.29, 1.82) is 0 Å². The van der Waals surface area contributed by atoms with Crippen LogP contribution in [0.4, 0.5) is 13.2 Å². The van der Waals surface area contributed by atoms with E-state index in [0.29, 0.717) is 18.3 Å². The molecule has 0 aliphatic heterocycles. The first-order valence-electron chi connectivity index (χ1n) is 5.66. The van der Waals surface area contributed by atoms with Gasteiger partial charge in [-0.15, -0.1) is 0 Å². The van der Waals surface area contributed by atoms with E-state index in [1.54, 1.807) is 0 Å². The first-order valence-corrected chi connectivity index (χ1v) is 6.65. The van der Waals surface area contributed by atoms with Crippen molar-refractivity contribution in [1.82, 2.24) is 20.1 Å². The first kappa shape index (κ1) is 15.3.